The summed E-state index contributed by atoms with van der Waals surface area (Å²) in [4.78, 5) is 0.889. The lowest BCUT2D eigenvalue weighted by Gasteiger charge is -2.37. The van der Waals surface area contributed by atoms with Crippen LogP contribution in [0.15, 0.2) is 47.4 Å². The predicted molar refractivity (Wildman–Crippen MR) is 91.0 cm³/mol. The Kier molecular flexibility index (Phi) is 4.35. The molecular weight excluding hydrogens is 294 g/mol. The summed E-state index contributed by atoms with van der Waals surface area (Å²) in [5.41, 5.74) is -0.646. The number of hydrogen-bond acceptors (Lipinski definition) is 2. The van der Waals surface area contributed by atoms with Gasteiger partial charge in [-0.2, -0.15) is 0 Å². The van der Waals surface area contributed by atoms with Gasteiger partial charge in [-0.15, -0.1) is 0 Å². The van der Waals surface area contributed by atoms with Crippen LogP contribution in [-0.4, -0.2) is 32.3 Å². The van der Waals surface area contributed by atoms with Crippen LogP contribution in [0.3, 0.4) is 0 Å². The van der Waals surface area contributed by atoms with Crippen LogP contribution in [0, 0.1) is 5.92 Å². The van der Waals surface area contributed by atoms with Crippen molar-refractivity contribution in [2.75, 3.05) is 13.1 Å². The molecule has 0 bridgehead atoms. The zero-order chi connectivity index (χ0) is 15.7. The highest BCUT2D eigenvalue weighted by Crippen LogP contribution is 2.30. The minimum atomic E-state index is -1.13. The van der Waals surface area contributed by atoms with E-state index in [9.17, 15) is 9.32 Å². The monoisotopic (exact) mass is 317 g/mol. The fraction of sp³-hybridized carbons (Fsp3) is 0.444. The molecule has 118 valence electrons. The molecule has 1 heterocycles. The summed E-state index contributed by atoms with van der Waals surface area (Å²) in [5, 5.41) is 12.3. The molecular formula is C18H23NO2S. The summed E-state index contributed by atoms with van der Waals surface area (Å²) in [6.07, 6.45) is 1.78. The van der Waals surface area contributed by atoms with Gasteiger partial charge in [0.05, 0.1) is 10.5 Å². The Hall–Kier alpha value is -1.23. The van der Waals surface area contributed by atoms with E-state index in [1.165, 1.54) is 0 Å². The first-order valence-corrected chi connectivity index (χ1v) is 8.94. The van der Waals surface area contributed by atoms with E-state index in [1.54, 1.807) is 0 Å². The van der Waals surface area contributed by atoms with E-state index in [0.717, 1.165) is 41.6 Å². The average Bonchev–Trinajstić information content (AvgIpc) is 2.53. The third-order valence-electron chi connectivity index (χ3n) is 4.63. The topological polar surface area (TPSA) is 40.5 Å². The molecule has 2 aromatic carbocycles. The maximum atomic E-state index is 12.9. The van der Waals surface area contributed by atoms with E-state index in [0.29, 0.717) is 0 Å². The van der Waals surface area contributed by atoms with Crippen molar-refractivity contribution < 1.29 is 9.32 Å². The van der Waals surface area contributed by atoms with Gasteiger partial charge in [-0.3, -0.25) is 0 Å². The van der Waals surface area contributed by atoms with E-state index in [2.05, 4.69) is 12.1 Å². The molecule has 3 nitrogen and oxygen atoms in total. The summed E-state index contributed by atoms with van der Waals surface area (Å²) in [6, 6.07) is 14.1. The molecule has 1 aliphatic heterocycles. The van der Waals surface area contributed by atoms with Crippen LogP contribution in [-0.2, 0) is 11.0 Å². The van der Waals surface area contributed by atoms with Crippen molar-refractivity contribution in [3.63, 3.8) is 0 Å². The van der Waals surface area contributed by atoms with Gasteiger partial charge < -0.3 is 5.11 Å². The van der Waals surface area contributed by atoms with Gasteiger partial charge in [0.2, 0.25) is 0 Å². The number of rotatable bonds is 3. The first kappa shape index (κ1) is 15.7. The number of nitrogens with zero attached hydrogens (tertiary/aromatic N) is 1. The molecule has 1 fully saturated rings. The fourth-order valence-corrected chi connectivity index (χ4v) is 4.60. The van der Waals surface area contributed by atoms with Crippen molar-refractivity contribution in [3.05, 3.63) is 42.5 Å². The highest BCUT2D eigenvalue weighted by Gasteiger charge is 2.32. The molecule has 0 aliphatic carbocycles. The van der Waals surface area contributed by atoms with Gasteiger partial charge in [-0.1, -0.05) is 36.4 Å². The van der Waals surface area contributed by atoms with Gasteiger partial charge in [0.25, 0.3) is 0 Å². The van der Waals surface area contributed by atoms with Crippen LogP contribution in [0.4, 0.5) is 0 Å². The Labute approximate surface area is 134 Å². The summed E-state index contributed by atoms with van der Waals surface area (Å²) in [5.74, 6) is 0.285. The van der Waals surface area contributed by atoms with Crippen LogP contribution >= 0.6 is 0 Å². The van der Waals surface area contributed by atoms with Crippen molar-refractivity contribution in [2.24, 2.45) is 5.92 Å². The van der Waals surface area contributed by atoms with Crippen molar-refractivity contribution >= 4 is 21.8 Å². The predicted octanol–water partition coefficient (Wildman–Crippen LogP) is 3.35. The summed E-state index contributed by atoms with van der Waals surface area (Å²) in [7, 11) is -1.13. The van der Waals surface area contributed by atoms with Crippen LogP contribution in [0.5, 0.6) is 0 Å². The number of benzene rings is 2. The van der Waals surface area contributed by atoms with E-state index in [4.69, 9.17) is 0 Å². The van der Waals surface area contributed by atoms with Crippen molar-refractivity contribution in [2.45, 2.75) is 37.2 Å². The minimum absolute atomic E-state index is 0.285. The van der Waals surface area contributed by atoms with Gasteiger partial charge in [-0.25, -0.2) is 8.51 Å². The van der Waals surface area contributed by atoms with E-state index < -0.39 is 16.6 Å². The summed E-state index contributed by atoms with van der Waals surface area (Å²) < 4.78 is 15.0. The normalized spacial score (nSPS) is 19.4. The number of fused-ring (bicyclic) bond motifs is 1. The Morgan fingerprint density at radius 2 is 1.73 bits per heavy atom. The highest BCUT2D eigenvalue weighted by atomic mass is 32.2. The van der Waals surface area contributed by atoms with Crippen molar-refractivity contribution in [1.82, 2.24) is 4.31 Å². The second kappa shape index (κ2) is 6.11. The molecule has 1 saturated heterocycles. The molecule has 1 atom stereocenters. The molecule has 0 aromatic heterocycles. The maximum absolute atomic E-state index is 12.9. The molecule has 2 aromatic rings. The van der Waals surface area contributed by atoms with Gasteiger partial charge in [0, 0.05) is 13.1 Å². The molecule has 0 spiro atoms. The lowest BCUT2D eigenvalue weighted by atomic mass is 9.84. The number of aliphatic hydroxyl groups is 1. The average molecular weight is 317 g/mol. The fourth-order valence-electron chi connectivity index (χ4n) is 3.22. The van der Waals surface area contributed by atoms with Crippen LogP contribution in [0.1, 0.15) is 26.7 Å². The zero-order valence-electron chi connectivity index (χ0n) is 13.2. The highest BCUT2D eigenvalue weighted by molar-refractivity contribution is 7.83. The van der Waals surface area contributed by atoms with Gasteiger partial charge >= 0.3 is 0 Å². The lowest BCUT2D eigenvalue weighted by molar-refractivity contribution is -0.00330. The molecule has 1 N–H and O–H groups in total. The van der Waals surface area contributed by atoms with E-state index in [-0.39, 0.29) is 5.92 Å². The largest absolute Gasteiger partial charge is 0.390 e. The van der Waals surface area contributed by atoms with Crippen LogP contribution in [0.2, 0.25) is 0 Å². The van der Waals surface area contributed by atoms with E-state index >= 15 is 0 Å². The maximum Gasteiger partial charge on any atom is 0.128 e. The summed E-state index contributed by atoms with van der Waals surface area (Å²) in [6.45, 7) is 5.28. The SMILES string of the molecule is CC(C)(O)C1CCN(S(=O)c2cccc3ccccc23)CC1. The van der Waals surface area contributed by atoms with Gasteiger partial charge in [0.15, 0.2) is 0 Å². The Bertz CT molecular complexity index is 680. The molecule has 1 aliphatic rings. The van der Waals surface area contributed by atoms with Crippen molar-refractivity contribution in [3.8, 4) is 0 Å². The Morgan fingerprint density at radius 1 is 1.09 bits per heavy atom. The third kappa shape index (κ3) is 3.09. The standard InChI is InChI=1S/C18H23NO2S/c1-18(2,20)15-10-12-19(13-11-15)22(21)17-9-5-7-14-6-3-4-8-16(14)17/h3-9,15,20H,10-13H2,1-2H3. The third-order valence-corrected chi connectivity index (χ3v) is 6.19. The number of hydrogen-bond donors (Lipinski definition) is 1. The second-order valence-electron chi connectivity index (χ2n) is 6.58. The zero-order valence-corrected chi connectivity index (χ0v) is 14.0. The first-order valence-electron chi connectivity index (χ1n) is 7.84. The lowest BCUT2D eigenvalue weighted by Crippen LogP contribution is -2.42. The molecule has 0 amide bonds. The minimum Gasteiger partial charge on any atom is -0.390 e. The smallest absolute Gasteiger partial charge is 0.128 e. The second-order valence-corrected chi connectivity index (χ2v) is 8.04. The van der Waals surface area contributed by atoms with E-state index in [1.807, 2.05) is 48.5 Å². The molecule has 4 heteroatoms. The van der Waals surface area contributed by atoms with Gasteiger partial charge in [0.1, 0.15) is 11.0 Å². The van der Waals surface area contributed by atoms with Crippen molar-refractivity contribution in [1.29, 1.82) is 0 Å². The quantitative estimate of drug-likeness (QED) is 0.943. The molecule has 0 saturated carbocycles. The summed E-state index contributed by atoms with van der Waals surface area (Å²) >= 11 is 0. The Morgan fingerprint density at radius 3 is 2.41 bits per heavy atom. The molecule has 1 unspecified atom stereocenters. The Balaban J connectivity index is 1.80. The van der Waals surface area contributed by atoms with Gasteiger partial charge in [-0.05, 0) is 49.4 Å². The number of piperidine rings is 1. The molecule has 3 rings (SSSR count). The van der Waals surface area contributed by atoms with Crippen LogP contribution in [0.25, 0.3) is 10.8 Å². The van der Waals surface area contributed by atoms with Crippen LogP contribution < -0.4 is 0 Å². The molecule has 0 radical (unpaired) electrons. The first-order chi connectivity index (χ1) is 10.5. The molecule has 22 heavy (non-hydrogen) atoms.